The molecule has 0 saturated heterocycles. The van der Waals surface area contributed by atoms with Gasteiger partial charge in [-0.3, -0.25) is 24.5 Å². The predicted octanol–water partition coefficient (Wildman–Crippen LogP) is 3.07. The molecule has 0 bridgehead atoms. The monoisotopic (exact) mass is 455 g/mol. The van der Waals surface area contributed by atoms with Gasteiger partial charge in [0.1, 0.15) is 11.3 Å². The highest BCUT2D eigenvalue weighted by Crippen LogP contribution is 2.28. The number of nitrogens with zero attached hydrogens (tertiary/aromatic N) is 6. The molecule has 5 rings (SSSR count). The van der Waals surface area contributed by atoms with Gasteiger partial charge in [0.05, 0.1) is 28.2 Å². The second-order valence-electron chi connectivity index (χ2n) is 7.84. The first kappa shape index (κ1) is 21.4. The minimum atomic E-state index is -0.322. The maximum absolute atomic E-state index is 13.0. The van der Waals surface area contributed by atoms with Crippen LogP contribution in [0.25, 0.3) is 39.2 Å². The number of benzene rings is 1. The molecule has 0 unspecified atom stereocenters. The molecular formula is C24H21N7O3. The van der Waals surface area contributed by atoms with E-state index in [-0.39, 0.29) is 23.7 Å². The average molecular weight is 455 g/mol. The summed E-state index contributed by atoms with van der Waals surface area (Å²) in [5.74, 6) is -0.123. The van der Waals surface area contributed by atoms with Crippen molar-refractivity contribution in [2.45, 2.75) is 33.1 Å². The zero-order valence-corrected chi connectivity index (χ0v) is 18.6. The van der Waals surface area contributed by atoms with Crippen LogP contribution in [0.1, 0.15) is 37.2 Å². The Balaban J connectivity index is 1.70. The number of ketones is 1. The van der Waals surface area contributed by atoms with Crippen molar-refractivity contribution in [2.24, 2.45) is 0 Å². The molecule has 4 heterocycles. The molecule has 10 heteroatoms. The first-order valence-electron chi connectivity index (χ1n) is 11.0. The Bertz CT molecular complexity index is 1610. The van der Waals surface area contributed by atoms with Gasteiger partial charge >= 0.3 is 0 Å². The number of carbonyl (C=O) groups excluding carboxylic acids is 2. The maximum atomic E-state index is 13.0. The first-order chi connectivity index (χ1) is 16.5. The maximum Gasteiger partial charge on any atom is 0.273 e. The molecule has 0 atom stereocenters. The summed E-state index contributed by atoms with van der Waals surface area (Å²) < 4.78 is 2.60. The number of nitrogens with one attached hydrogen (secondary N) is 1. The lowest BCUT2D eigenvalue weighted by atomic mass is 10.1. The van der Waals surface area contributed by atoms with E-state index >= 15 is 0 Å². The number of aromatic amines is 1. The van der Waals surface area contributed by atoms with Gasteiger partial charge in [-0.15, -0.1) is 5.10 Å². The van der Waals surface area contributed by atoms with Crippen molar-refractivity contribution in [2.75, 3.05) is 0 Å². The van der Waals surface area contributed by atoms with E-state index in [1.54, 1.807) is 44.3 Å². The number of pyridine rings is 1. The molecule has 170 valence electrons. The number of Topliss-reactive ketones (excluding diaryl/α,β-unsaturated/α-hetero) is 1. The van der Waals surface area contributed by atoms with E-state index in [0.29, 0.717) is 57.7 Å². The second-order valence-corrected chi connectivity index (χ2v) is 7.84. The van der Waals surface area contributed by atoms with E-state index in [9.17, 15) is 14.4 Å². The average Bonchev–Trinajstić information content (AvgIpc) is 3.45. The standard InChI is InChI=1S/C24H21N7O3/c1-3-15(32)12-19-23(16-7-5-6-10-25-16)24-26-17(13-22(34)31(24)28-19)14-8-9-20-18(11-14)27-29-30(20)21(33)4-2/h5-11,13,28H,3-4,12H2,1-2H3. The lowest BCUT2D eigenvalue weighted by Gasteiger charge is -2.04. The van der Waals surface area contributed by atoms with Crippen LogP contribution in [0.15, 0.2) is 53.5 Å². The molecule has 0 saturated carbocycles. The van der Waals surface area contributed by atoms with Crippen molar-refractivity contribution in [3.63, 3.8) is 0 Å². The summed E-state index contributed by atoms with van der Waals surface area (Å²) in [6, 6.07) is 12.1. The van der Waals surface area contributed by atoms with Crippen molar-refractivity contribution in [1.29, 1.82) is 0 Å². The Morgan fingerprint density at radius 2 is 1.88 bits per heavy atom. The normalized spacial score (nSPS) is 11.4. The van der Waals surface area contributed by atoms with E-state index in [1.165, 1.54) is 15.3 Å². The van der Waals surface area contributed by atoms with Gasteiger partial charge in [0.15, 0.2) is 5.65 Å². The third kappa shape index (κ3) is 3.58. The highest BCUT2D eigenvalue weighted by Gasteiger charge is 2.20. The van der Waals surface area contributed by atoms with Gasteiger partial charge < -0.3 is 0 Å². The number of hydrogen-bond acceptors (Lipinski definition) is 7. The summed E-state index contributed by atoms with van der Waals surface area (Å²) in [5, 5.41) is 11.1. The van der Waals surface area contributed by atoms with E-state index < -0.39 is 0 Å². The molecule has 0 amide bonds. The molecule has 34 heavy (non-hydrogen) atoms. The van der Waals surface area contributed by atoms with Crippen molar-refractivity contribution in [3.8, 4) is 22.5 Å². The van der Waals surface area contributed by atoms with Gasteiger partial charge in [-0.1, -0.05) is 31.2 Å². The van der Waals surface area contributed by atoms with Gasteiger partial charge in [0, 0.05) is 37.1 Å². The van der Waals surface area contributed by atoms with E-state index in [0.717, 1.165) is 0 Å². The summed E-state index contributed by atoms with van der Waals surface area (Å²) >= 11 is 0. The number of fused-ring (bicyclic) bond motifs is 2. The van der Waals surface area contributed by atoms with Gasteiger partial charge in [-0.25, -0.2) is 9.50 Å². The van der Waals surface area contributed by atoms with Crippen LogP contribution in [0, 0.1) is 0 Å². The van der Waals surface area contributed by atoms with Gasteiger partial charge in [0.25, 0.3) is 5.56 Å². The van der Waals surface area contributed by atoms with E-state index in [2.05, 4.69) is 20.4 Å². The van der Waals surface area contributed by atoms with Crippen LogP contribution in [0.2, 0.25) is 0 Å². The fraction of sp³-hybridized carbons (Fsp3) is 0.208. The van der Waals surface area contributed by atoms with Crippen molar-refractivity contribution in [1.82, 2.24) is 34.6 Å². The molecule has 0 aliphatic heterocycles. The van der Waals surface area contributed by atoms with Gasteiger partial charge in [0.2, 0.25) is 5.91 Å². The fourth-order valence-corrected chi connectivity index (χ4v) is 3.88. The van der Waals surface area contributed by atoms with Crippen LogP contribution < -0.4 is 5.56 Å². The second kappa shape index (κ2) is 8.47. The first-order valence-corrected chi connectivity index (χ1v) is 11.0. The van der Waals surface area contributed by atoms with Gasteiger partial charge in [-0.2, -0.15) is 4.68 Å². The molecule has 0 spiro atoms. The molecule has 0 radical (unpaired) electrons. The number of carbonyl (C=O) groups is 2. The van der Waals surface area contributed by atoms with Crippen molar-refractivity contribution < 1.29 is 9.59 Å². The Kier molecular flexibility index (Phi) is 5.33. The SMILES string of the molecule is CCC(=O)Cc1[nH]n2c(=O)cc(-c3ccc4c(c3)nnn4C(=O)CC)nc2c1-c1ccccn1. The largest absolute Gasteiger partial charge is 0.299 e. The summed E-state index contributed by atoms with van der Waals surface area (Å²) in [6.07, 6.45) is 2.48. The molecule has 1 aromatic carbocycles. The van der Waals surface area contributed by atoms with Crippen LogP contribution in [0.4, 0.5) is 0 Å². The Morgan fingerprint density at radius 1 is 1.03 bits per heavy atom. The summed E-state index contributed by atoms with van der Waals surface area (Å²) in [6.45, 7) is 3.56. The summed E-state index contributed by atoms with van der Waals surface area (Å²) in [4.78, 5) is 46.5. The quantitative estimate of drug-likeness (QED) is 0.417. The topological polar surface area (TPSA) is 128 Å². The predicted molar refractivity (Wildman–Crippen MR) is 125 cm³/mol. The molecule has 0 fully saturated rings. The summed E-state index contributed by atoms with van der Waals surface area (Å²) in [5.41, 5.74) is 4.07. The van der Waals surface area contributed by atoms with Crippen LogP contribution in [0.5, 0.6) is 0 Å². The van der Waals surface area contributed by atoms with Crippen LogP contribution >= 0.6 is 0 Å². The number of hydrogen-bond donors (Lipinski definition) is 1. The molecule has 0 aliphatic carbocycles. The molecule has 0 aliphatic rings. The lowest BCUT2D eigenvalue weighted by molar-refractivity contribution is -0.118. The minimum absolute atomic E-state index is 0.0344. The van der Waals surface area contributed by atoms with Crippen LogP contribution in [-0.4, -0.2) is 46.3 Å². The molecule has 10 nitrogen and oxygen atoms in total. The van der Waals surface area contributed by atoms with Gasteiger partial charge in [-0.05, 0) is 24.3 Å². The molecule has 4 aromatic heterocycles. The zero-order chi connectivity index (χ0) is 23.8. The summed E-state index contributed by atoms with van der Waals surface area (Å²) in [7, 11) is 0. The molecule has 1 N–H and O–H groups in total. The van der Waals surface area contributed by atoms with Crippen LogP contribution in [-0.2, 0) is 11.2 Å². The van der Waals surface area contributed by atoms with Crippen molar-refractivity contribution >= 4 is 28.4 Å². The number of H-pyrrole nitrogens is 1. The lowest BCUT2D eigenvalue weighted by Crippen LogP contribution is -2.14. The molecular weight excluding hydrogens is 434 g/mol. The van der Waals surface area contributed by atoms with Crippen molar-refractivity contribution in [3.05, 3.63) is 64.7 Å². The Labute approximate surface area is 193 Å². The Morgan fingerprint density at radius 3 is 2.62 bits per heavy atom. The van der Waals surface area contributed by atoms with Crippen LogP contribution in [0.3, 0.4) is 0 Å². The third-order valence-corrected chi connectivity index (χ3v) is 5.66. The number of rotatable bonds is 6. The highest BCUT2D eigenvalue weighted by atomic mass is 16.2. The van der Waals surface area contributed by atoms with E-state index in [4.69, 9.17) is 4.98 Å². The minimum Gasteiger partial charge on any atom is -0.299 e. The fourth-order valence-electron chi connectivity index (χ4n) is 3.88. The Hall–Kier alpha value is -4.47. The van der Waals surface area contributed by atoms with E-state index in [1.807, 2.05) is 12.1 Å². The smallest absolute Gasteiger partial charge is 0.273 e. The number of aromatic nitrogens is 7. The zero-order valence-electron chi connectivity index (χ0n) is 18.6. The highest BCUT2D eigenvalue weighted by molar-refractivity contribution is 5.91. The third-order valence-electron chi connectivity index (χ3n) is 5.66. The molecule has 5 aromatic rings.